The molecule has 2 saturated heterocycles. The highest BCUT2D eigenvalue weighted by Gasteiger charge is 2.26. The van der Waals surface area contributed by atoms with Crippen LogP contribution < -0.4 is 10.2 Å². The Kier molecular flexibility index (Phi) is 7.31. The molecule has 0 atom stereocenters. The zero-order chi connectivity index (χ0) is 22.5. The molecule has 0 spiro atoms. The van der Waals surface area contributed by atoms with Crippen LogP contribution in [0.3, 0.4) is 0 Å². The summed E-state index contributed by atoms with van der Waals surface area (Å²) in [7, 11) is 0. The van der Waals surface area contributed by atoms with E-state index in [1.807, 2.05) is 18.3 Å². The average molecular weight is 457 g/mol. The van der Waals surface area contributed by atoms with Gasteiger partial charge >= 0.3 is 6.09 Å². The van der Waals surface area contributed by atoms with E-state index in [0.29, 0.717) is 13.2 Å². The van der Waals surface area contributed by atoms with Crippen molar-refractivity contribution in [2.45, 2.75) is 57.1 Å². The Morgan fingerprint density at radius 3 is 2.64 bits per heavy atom. The van der Waals surface area contributed by atoms with Crippen LogP contribution in [0, 0.1) is 5.92 Å². The summed E-state index contributed by atoms with van der Waals surface area (Å²) in [6, 6.07) is 4.20. The molecule has 8 nitrogen and oxygen atoms in total. The number of ether oxygens (including phenoxy) is 2. The molecule has 180 valence electrons. The van der Waals surface area contributed by atoms with E-state index in [4.69, 9.17) is 13.9 Å². The Balaban J connectivity index is 0.989. The van der Waals surface area contributed by atoms with Gasteiger partial charge in [-0.1, -0.05) is 0 Å². The first-order chi connectivity index (χ1) is 16.2. The van der Waals surface area contributed by atoms with Crippen molar-refractivity contribution in [1.29, 1.82) is 0 Å². The molecule has 1 amide bonds. The molecular weight excluding hydrogens is 420 g/mol. The molecule has 4 heterocycles. The minimum absolute atomic E-state index is 0.0129. The predicted molar refractivity (Wildman–Crippen MR) is 126 cm³/mol. The van der Waals surface area contributed by atoms with Crippen molar-refractivity contribution >= 4 is 22.9 Å². The van der Waals surface area contributed by atoms with Crippen LogP contribution in [-0.4, -0.2) is 74.1 Å². The van der Waals surface area contributed by atoms with Gasteiger partial charge in [-0.05, 0) is 56.7 Å². The first-order valence-electron chi connectivity index (χ1n) is 12.6. The van der Waals surface area contributed by atoms with Crippen molar-refractivity contribution in [1.82, 2.24) is 15.2 Å². The number of hydrogen-bond donors (Lipinski definition) is 1. The van der Waals surface area contributed by atoms with Gasteiger partial charge in [-0.15, -0.1) is 0 Å². The molecule has 5 rings (SSSR count). The number of carbonyl (C=O) groups is 1. The van der Waals surface area contributed by atoms with Crippen molar-refractivity contribution in [3.05, 3.63) is 24.6 Å². The number of alkyl carbamates (subject to hydrolysis) is 1. The molecule has 1 N–H and O–H groups in total. The van der Waals surface area contributed by atoms with Crippen LogP contribution in [-0.2, 0) is 9.47 Å². The lowest BCUT2D eigenvalue weighted by molar-refractivity contribution is 0.000274. The number of nitrogens with zero attached hydrogens (tertiary/aromatic N) is 3. The first kappa shape index (κ1) is 22.5. The molecule has 2 aliphatic heterocycles. The van der Waals surface area contributed by atoms with Gasteiger partial charge in [0.1, 0.15) is 17.5 Å². The van der Waals surface area contributed by atoms with Gasteiger partial charge in [-0.25, -0.2) is 9.78 Å². The van der Waals surface area contributed by atoms with Crippen LogP contribution >= 0.6 is 0 Å². The van der Waals surface area contributed by atoms with Crippen molar-refractivity contribution in [3.63, 3.8) is 0 Å². The molecule has 1 aliphatic carbocycles. The highest BCUT2D eigenvalue weighted by atomic mass is 16.6. The Bertz CT molecular complexity index is 897. The monoisotopic (exact) mass is 456 g/mol. The summed E-state index contributed by atoms with van der Waals surface area (Å²) in [5, 5.41) is 4.20. The summed E-state index contributed by atoms with van der Waals surface area (Å²) >= 11 is 0. The van der Waals surface area contributed by atoms with E-state index in [9.17, 15) is 4.79 Å². The maximum Gasteiger partial charge on any atom is 0.407 e. The third kappa shape index (κ3) is 5.79. The van der Waals surface area contributed by atoms with E-state index in [-0.39, 0.29) is 18.2 Å². The van der Waals surface area contributed by atoms with Gasteiger partial charge in [-0.2, -0.15) is 0 Å². The molecule has 8 heteroatoms. The van der Waals surface area contributed by atoms with Crippen LogP contribution in [0.4, 0.5) is 10.6 Å². The van der Waals surface area contributed by atoms with Gasteiger partial charge in [0.15, 0.2) is 0 Å². The first-order valence-corrected chi connectivity index (χ1v) is 12.6. The summed E-state index contributed by atoms with van der Waals surface area (Å²) in [6.45, 7) is 6.69. The fraction of sp³-hybridized carbons (Fsp3) is 0.680. The Labute approximate surface area is 195 Å². The number of piperazine rings is 1. The van der Waals surface area contributed by atoms with Gasteiger partial charge in [0, 0.05) is 51.3 Å². The third-order valence-electron chi connectivity index (χ3n) is 7.49. The molecule has 2 aromatic rings. The molecule has 2 aromatic heterocycles. The van der Waals surface area contributed by atoms with Gasteiger partial charge in [-0.3, -0.25) is 4.90 Å². The van der Waals surface area contributed by atoms with Crippen molar-refractivity contribution < 1.29 is 18.7 Å². The molecule has 3 fully saturated rings. The van der Waals surface area contributed by atoms with Gasteiger partial charge in [0.05, 0.1) is 24.9 Å². The lowest BCUT2D eigenvalue weighted by Gasteiger charge is -2.37. The lowest BCUT2D eigenvalue weighted by atomic mass is 9.84. The maximum atomic E-state index is 12.2. The maximum absolute atomic E-state index is 12.2. The van der Waals surface area contributed by atoms with E-state index >= 15 is 0 Å². The predicted octanol–water partition coefficient (Wildman–Crippen LogP) is 3.80. The second-order valence-corrected chi connectivity index (χ2v) is 9.66. The lowest BCUT2D eigenvalue weighted by Crippen LogP contribution is -2.47. The number of pyridine rings is 1. The van der Waals surface area contributed by atoms with Crippen LogP contribution in [0.15, 0.2) is 29.0 Å². The van der Waals surface area contributed by atoms with E-state index in [0.717, 1.165) is 81.1 Å². The summed E-state index contributed by atoms with van der Waals surface area (Å²) in [5.41, 5.74) is 0.907. The topological polar surface area (TPSA) is 80.1 Å². The number of furan rings is 1. The van der Waals surface area contributed by atoms with Crippen LogP contribution in [0.2, 0.25) is 0 Å². The highest BCUT2D eigenvalue weighted by molar-refractivity contribution is 5.88. The van der Waals surface area contributed by atoms with Gasteiger partial charge < -0.3 is 24.1 Å². The molecule has 0 bridgehead atoms. The highest BCUT2D eigenvalue weighted by Crippen LogP contribution is 2.29. The SMILES string of the molecule is O=C(N[C@H]1CC[C@H](CCN2CCN(c3nccc4occc34)CC2)CC1)OC1CCOCC1. The van der Waals surface area contributed by atoms with Crippen LogP contribution in [0.25, 0.3) is 11.0 Å². The number of amides is 1. The van der Waals surface area contributed by atoms with Crippen molar-refractivity contribution in [2.24, 2.45) is 5.92 Å². The van der Waals surface area contributed by atoms with Crippen molar-refractivity contribution in [3.8, 4) is 0 Å². The molecule has 0 radical (unpaired) electrons. The summed E-state index contributed by atoms with van der Waals surface area (Å²) in [5.74, 6) is 1.80. The van der Waals surface area contributed by atoms with Crippen molar-refractivity contribution in [2.75, 3.05) is 50.8 Å². The fourth-order valence-electron chi connectivity index (χ4n) is 5.42. The molecule has 0 aromatic carbocycles. The zero-order valence-corrected chi connectivity index (χ0v) is 19.4. The Morgan fingerprint density at radius 2 is 1.85 bits per heavy atom. The summed E-state index contributed by atoms with van der Waals surface area (Å²) < 4.78 is 16.4. The summed E-state index contributed by atoms with van der Waals surface area (Å²) in [4.78, 5) is 21.8. The van der Waals surface area contributed by atoms with E-state index in [1.54, 1.807) is 6.26 Å². The number of hydrogen-bond acceptors (Lipinski definition) is 7. The quantitative estimate of drug-likeness (QED) is 0.708. The van der Waals surface area contributed by atoms with Crippen LogP contribution in [0.1, 0.15) is 44.9 Å². The summed E-state index contributed by atoms with van der Waals surface area (Å²) in [6.07, 6.45) is 10.7. The second-order valence-electron chi connectivity index (χ2n) is 9.66. The average Bonchev–Trinajstić information content (AvgIpc) is 3.34. The Hall–Kier alpha value is -2.32. The largest absolute Gasteiger partial charge is 0.464 e. The third-order valence-corrected chi connectivity index (χ3v) is 7.49. The normalized spacial score (nSPS) is 25.3. The number of fused-ring (bicyclic) bond motifs is 1. The number of anilines is 1. The van der Waals surface area contributed by atoms with Gasteiger partial charge in [0.2, 0.25) is 0 Å². The number of nitrogens with one attached hydrogen (secondary N) is 1. The van der Waals surface area contributed by atoms with Crippen LogP contribution in [0.5, 0.6) is 0 Å². The molecule has 33 heavy (non-hydrogen) atoms. The number of carbonyl (C=O) groups excluding carboxylic acids is 1. The van der Waals surface area contributed by atoms with E-state index < -0.39 is 0 Å². The Morgan fingerprint density at radius 1 is 1.06 bits per heavy atom. The number of aromatic nitrogens is 1. The number of rotatable bonds is 6. The molecule has 1 saturated carbocycles. The zero-order valence-electron chi connectivity index (χ0n) is 19.4. The van der Waals surface area contributed by atoms with E-state index in [1.165, 1.54) is 19.3 Å². The molecule has 0 unspecified atom stereocenters. The van der Waals surface area contributed by atoms with Gasteiger partial charge in [0.25, 0.3) is 0 Å². The molecular formula is C25H36N4O4. The minimum Gasteiger partial charge on any atom is -0.464 e. The minimum atomic E-state index is -0.246. The smallest absolute Gasteiger partial charge is 0.407 e. The molecule has 3 aliphatic rings. The second kappa shape index (κ2) is 10.7. The fourth-order valence-corrected chi connectivity index (χ4v) is 5.42. The van der Waals surface area contributed by atoms with E-state index in [2.05, 4.69) is 20.1 Å². The standard InChI is InChI=1S/C25H36N4O4/c30-25(33-21-7-16-31-17-8-21)27-20-3-1-19(2-4-20)6-11-28-12-14-29(15-13-28)24-22-9-18-32-23(22)5-10-26-24/h5,9-10,18-21H,1-4,6-8,11-17H2,(H,27,30)/t19-,20-.